The molecule has 1 heterocycles. The zero-order valence-corrected chi connectivity index (χ0v) is 12.5. The number of hydrogen-bond donors (Lipinski definition) is 2. The molecule has 2 amide bonds. The number of carbonyl (C=O) groups excluding carboxylic acids is 2. The second-order valence-corrected chi connectivity index (χ2v) is 4.94. The van der Waals surface area contributed by atoms with Crippen molar-refractivity contribution >= 4 is 29.2 Å². The number of primary amides is 1. The standard InChI is InChI=1S/C15H12N2O2.C2H4O2/c16-15(19)17-12-7-3-1-5-10(12)9-14(18)11-6-2-4-8-13(11)17;1-2(3)4/h1-8H,9H2,(H2,16,19);1H3,(H,3,4). The molecule has 0 aliphatic carbocycles. The molecule has 0 unspecified atom stereocenters. The summed E-state index contributed by atoms with van der Waals surface area (Å²) >= 11 is 0. The van der Waals surface area contributed by atoms with E-state index in [4.69, 9.17) is 15.6 Å². The lowest BCUT2D eigenvalue weighted by Gasteiger charge is -2.22. The Bertz CT molecular complexity index is 767. The van der Waals surface area contributed by atoms with Crippen molar-refractivity contribution < 1.29 is 19.5 Å². The molecular weight excluding hydrogens is 296 g/mol. The van der Waals surface area contributed by atoms with E-state index in [2.05, 4.69) is 0 Å². The number of hydrogen-bond acceptors (Lipinski definition) is 3. The van der Waals surface area contributed by atoms with Crippen LogP contribution in [-0.4, -0.2) is 22.9 Å². The Kier molecular flexibility index (Phi) is 4.75. The molecular formula is C17H16N2O4. The first-order chi connectivity index (χ1) is 10.9. The van der Waals surface area contributed by atoms with E-state index in [0.29, 0.717) is 16.9 Å². The van der Waals surface area contributed by atoms with Crippen molar-refractivity contribution in [1.82, 2.24) is 0 Å². The van der Waals surface area contributed by atoms with Gasteiger partial charge in [0.2, 0.25) is 0 Å². The third kappa shape index (κ3) is 3.55. The van der Waals surface area contributed by atoms with Crippen molar-refractivity contribution in [3.63, 3.8) is 0 Å². The molecule has 0 spiro atoms. The van der Waals surface area contributed by atoms with Gasteiger partial charge in [-0.05, 0) is 23.8 Å². The van der Waals surface area contributed by atoms with Crippen LogP contribution in [0.4, 0.5) is 16.2 Å². The highest BCUT2D eigenvalue weighted by Gasteiger charge is 2.27. The summed E-state index contributed by atoms with van der Waals surface area (Å²) in [4.78, 5) is 34.4. The highest BCUT2D eigenvalue weighted by molar-refractivity contribution is 6.11. The quantitative estimate of drug-likeness (QED) is 0.781. The highest BCUT2D eigenvalue weighted by atomic mass is 16.4. The van der Waals surface area contributed by atoms with E-state index in [1.807, 2.05) is 18.2 Å². The average Bonchev–Trinajstić information content (AvgIpc) is 2.61. The Hall–Kier alpha value is -3.15. The third-order valence-electron chi connectivity index (χ3n) is 3.25. The first-order valence-corrected chi connectivity index (χ1v) is 6.91. The van der Waals surface area contributed by atoms with Crippen molar-refractivity contribution in [2.45, 2.75) is 13.3 Å². The first-order valence-electron chi connectivity index (χ1n) is 6.91. The fourth-order valence-corrected chi connectivity index (χ4v) is 2.42. The number of benzene rings is 2. The minimum atomic E-state index is -0.833. The molecule has 0 radical (unpaired) electrons. The first kappa shape index (κ1) is 16.2. The number of carbonyl (C=O) groups is 3. The molecule has 0 atom stereocenters. The van der Waals surface area contributed by atoms with Crippen LogP contribution in [-0.2, 0) is 11.2 Å². The number of anilines is 2. The molecule has 0 aromatic heterocycles. The average molecular weight is 312 g/mol. The van der Waals surface area contributed by atoms with E-state index < -0.39 is 12.0 Å². The Labute approximate surface area is 133 Å². The predicted octanol–water partition coefficient (Wildman–Crippen LogP) is 2.73. The SMILES string of the molecule is CC(=O)O.NC(=O)N1c2ccccc2CC(=O)c2ccccc21. The van der Waals surface area contributed by atoms with Crippen LogP contribution in [0.25, 0.3) is 0 Å². The second kappa shape index (κ2) is 6.74. The zero-order chi connectivity index (χ0) is 17.0. The lowest BCUT2D eigenvalue weighted by molar-refractivity contribution is -0.134. The molecule has 3 N–H and O–H groups in total. The number of Topliss-reactive ketones (excluding diaryl/α,β-unsaturated/α-hetero) is 1. The lowest BCUT2D eigenvalue weighted by atomic mass is 10.0. The Balaban J connectivity index is 0.000000433. The smallest absolute Gasteiger partial charge is 0.323 e. The van der Waals surface area contributed by atoms with E-state index >= 15 is 0 Å². The van der Waals surface area contributed by atoms with Crippen LogP contribution in [0.15, 0.2) is 48.5 Å². The zero-order valence-electron chi connectivity index (χ0n) is 12.5. The fourth-order valence-electron chi connectivity index (χ4n) is 2.42. The molecule has 6 heteroatoms. The molecule has 0 bridgehead atoms. The molecule has 118 valence electrons. The summed E-state index contributed by atoms with van der Waals surface area (Å²) in [7, 11) is 0. The van der Waals surface area contributed by atoms with Crippen LogP contribution in [0.3, 0.4) is 0 Å². The summed E-state index contributed by atoms with van der Waals surface area (Å²) in [5, 5.41) is 7.42. The van der Waals surface area contributed by atoms with Crippen molar-refractivity contribution in [3.8, 4) is 0 Å². The molecule has 6 nitrogen and oxygen atoms in total. The van der Waals surface area contributed by atoms with Gasteiger partial charge in [-0.3, -0.25) is 14.5 Å². The normalized spacial score (nSPS) is 12.2. The number of amides is 2. The summed E-state index contributed by atoms with van der Waals surface area (Å²) in [5.41, 5.74) is 8.04. The number of aliphatic carboxylic acids is 1. The van der Waals surface area contributed by atoms with Crippen molar-refractivity contribution in [3.05, 3.63) is 59.7 Å². The van der Waals surface area contributed by atoms with Gasteiger partial charge in [0.1, 0.15) is 0 Å². The minimum Gasteiger partial charge on any atom is -0.481 e. The number of para-hydroxylation sites is 2. The van der Waals surface area contributed by atoms with E-state index in [1.165, 1.54) is 4.90 Å². The summed E-state index contributed by atoms with van der Waals surface area (Å²) in [6.45, 7) is 1.08. The number of carboxylic acid groups (broad SMARTS) is 1. The van der Waals surface area contributed by atoms with Gasteiger partial charge >= 0.3 is 6.03 Å². The summed E-state index contributed by atoms with van der Waals surface area (Å²) < 4.78 is 0. The number of fused-ring (bicyclic) bond motifs is 2. The van der Waals surface area contributed by atoms with Gasteiger partial charge in [0, 0.05) is 18.9 Å². The maximum absolute atomic E-state index is 12.3. The number of carboxylic acids is 1. The van der Waals surface area contributed by atoms with E-state index in [0.717, 1.165) is 12.5 Å². The van der Waals surface area contributed by atoms with Crippen LogP contribution < -0.4 is 10.6 Å². The lowest BCUT2D eigenvalue weighted by Crippen LogP contribution is -2.32. The van der Waals surface area contributed by atoms with Gasteiger partial charge in [-0.15, -0.1) is 0 Å². The Morgan fingerprint density at radius 2 is 1.57 bits per heavy atom. The van der Waals surface area contributed by atoms with Gasteiger partial charge in [-0.1, -0.05) is 30.3 Å². The number of rotatable bonds is 0. The largest absolute Gasteiger partial charge is 0.481 e. The molecule has 2 aromatic rings. The molecule has 3 rings (SSSR count). The molecule has 2 aromatic carbocycles. The fraction of sp³-hybridized carbons (Fsp3) is 0.118. The molecule has 1 aliphatic heterocycles. The topological polar surface area (TPSA) is 101 Å². The van der Waals surface area contributed by atoms with Gasteiger partial charge in [-0.2, -0.15) is 0 Å². The van der Waals surface area contributed by atoms with E-state index in [9.17, 15) is 9.59 Å². The van der Waals surface area contributed by atoms with Crippen molar-refractivity contribution in [2.75, 3.05) is 4.90 Å². The maximum atomic E-state index is 12.3. The third-order valence-corrected chi connectivity index (χ3v) is 3.25. The molecule has 0 fully saturated rings. The van der Waals surface area contributed by atoms with Gasteiger partial charge < -0.3 is 10.8 Å². The number of nitrogens with two attached hydrogens (primary N) is 1. The maximum Gasteiger partial charge on any atom is 0.323 e. The van der Waals surface area contributed by atoms with Crippen LogP contribution in [0.2, 0.25) is 0 Å². The Morgan fingerprint density at radius 3 is 2.17 bits per heavy atom. The molecule has 0 saturated heterocycles. The van der Waals surface area contributed by atoms with Crippen molar-refractivity contribution in [2.24, 2.45) is 5.73 Å². The number of nitrogens with zero attached hydrogens (tertiary/aromatic N) is 1. The molecule has 0 saturated carbocycles. The van der Waals surface area contributed by atoms with Gasteiger partial charge in [-0.25, -0.2) is 4.79 Å². The van der Waals surface area contributed by atoms with Crippen LogP contribution >= 0.6 is 0 Å². The van der Waals surface area contributed by atoms with Crippen molar-refractivity contribution in [1.29, 1.82) is 0 Å². The van der Waals surface area contributed by atoms with Gasteiger partial charge in [0.15, 0.2) is 5.78 Å². The van der Waals surface area contributed by atoms with Crippen LogP contribution in [0.5, 0.6) is 0 Å². The minimum absolute atomic E-state index is 0.00759. The second-order valence-electron chi connectivity index (χ2n) is 4.94. The van der Waals surface area contributed by atoms with E-state index in [-0.39, 0.29) is 12.2 Å². The Morgan fingerprint density at radius 1 is 1.04 bits per heavy atom. The predicted molar refractivity (Wildman–Crippen MR) is 86.0 cm³/mol. The summed E-state index contributed by atoms with van der Waals surface area (Å²) in [6, 6.07) is 13.8. The molecule has 1 aliphatic rings. The summed E-state index contributed by atoms with van der Waals surface area (Å²) in [5.74, 6) is -0.841. The van der Waals surface area contributed by atoms with Gasteiger partial charge in [0.25, 0.3) is 5.97 Å². The van der Waals surface area contributed by atoms with Crippen LogP contribution in [0, 0.1) is 0 Å². The summed E-state index contributed by atoms with van der Waals surface area (Å²) in [6.07, 6.45) is 0.275. The number of urea groups is 1. The van der Waals surface area contributed by atoms with Crippen LogP contribution in [0.1, 0.15) is 22.8 Å². The number of ketones is 1. The highest BCUT2D eigenvalue weighted by Crippen LogP contribution is 2.35. The monoisotopic (exact) mass is 312 g/mol. The van der Waals surface area contributed by atoms with E-state index in [1.54, 1.807) is 30.3 Å². The van der Waals surface area contributed by atoms with Gasteiger partial charge in [0.05, 0.1) is 11.4 Å². The molecule has 23 heavy (non-hydrogen) atoms.